The van der Waals surface area contributed by atoms with Gasteiger partial charge < -0.3 is 10.1 Å². The van der Waals surface area contributed by atoms with E-state index in [1.54, 1.807) is 55.6 Å². The fourth-order valence-electron chi connectivity index (χ4n) is 2.41. The summed E-state index contributed by atoms with van der Waals surface area (Å²) in [6.07, 6.45) is 1.32. The van der Waals surface area contributed by atoms with E-state index in [4.69, 9.17) is 17.0 Å². The molecule has 0 spiro atoms. The molecule has 2 aromatic carbocycles. The average Bonchev–Trinajstić information content (AvgIpc) is 2.63. The number of hydrogen-bond acceptors (Lipinski definition) is 5. The van der Waals surface area contributed by atoms with Crippen molar-refractivity contribution in [3.8, 4) is 5.75 Å². The first-order valence-corrected chi connectivity index (χ1v) is 8.82. The summed E-state index contributed by atoms with van der Waals surface area (Å²) in [6, 6.07) is 14.1. The number of thiocarbonyl (C=S) groups is 1. The molecule has 1 atom stereocenters. The molecule has 3 rings (SSSR count). The van der Waals surface area contributed by atoms with Gasteiger partial charge >= 0.3 is 0 Å². The number of hydrogen-bond donors (Lipinski definition) is 1. The number of amides is 2. The van der Waals surface area contributed by atoms with Crippen LogP contribution in [-0.4, -0.2) is 30.3 Å². The van der Waals surface area contributed by atoms with Gasteiger partial charge in [-0.25, -0.2) is 0 Å². The molecule has 0 aromatic heterocycles. The molecule has 132 valence electrons. The van der Waals surface area contributed by atoms with Crippen molar-refractivity contribution in [2.75, 3.05) is 12.0 Å². The molecule has 6 nitrogen and oxygen atoms in total. The number of benzene rings is 2. The van der Waals surface area contributed by atoms with Crippen molar-refractivity contribution in [1.29, 1.82) is 0 Å². The van der Waals surface area contributed by atoms with Crippen molar-refractivity contribution in [1.82, 2.24) is 5.32 Å². The number of nitrogens with zero attached hydrogens (tertiary/aromatic N) is 2. The Morgan fingerprint density at radius 3 is 2.65 bits per heavy atom. The molecule has 0 bridgehead atoms. The number of nitrogens with one attached hydrogen (secondary N) is 1. The summed E-state index contributed by atoms with van der Waals surface area (Å²) in [5, 5.41) is 2.60. The van der Waals surface area contributed by atoms with Crippen LogP contribution in [0, 0.1) is 5.92 Å². The number of aliphatic imine (C=N–C) groups is 1. The number of rotatable bonds is 4. The molecule has 1 N–H and O–H groups in total. The summed E-state index contributed by atoms with van der Waals surface area (Å²) in [6.45, 7) is 0. The highest BCUT2D eigenvalue weighted by Crippen LogP contribution is 2.24. The number of ether oxygens (including phenoxy) is 1. The maximum atomic E-state index is 12.8. The van der Waals surface area contributed by atoms with Gasteiger partial charge in [0.25, 0.3) is 5.91 Å². The zero-order chi connectivity index (χ0) is 18.7. The predicted molar refractivity (Wildman–Crippen MR) is 107 cm³/mol. The Bertz CT molecular complexity index is 899. The van der Waals surface area contributed by atoms with Gasteiger partial charge in [0.05, 0.1) is 18.5 Å². The third-order valence-electron chi connectivity index (χ3n) is 3.71. The standard InChI is InChI=1S/C18H14BrN3O3S/c1-25-14-4-2-3-12(9-14)20-10-15-16(23)21-18(26)22(17(15)24)13-7-5-11(19)6-8-13/h2-10,15H,1H3,(H,21,23,26)/t15-/m0/s1. The highest BCUT2D eigenvalue weighted by atomic mass is 79.9. The van der Waals surface area contributed by atoms with Crippen LogP contribution in [0.25, 0.3) is 0 Å². The largest absolute Gasteiger partial charge is 0.497 e. The van der Waals surface area contributed by atoms with Gasteiger partial charge in [-0.15, -0.1) is 0 Å². The summed E-state index contributed by atoms with van der Waals surface area (Å²) in [4.78, 5) is 30.6. The van der Waals surface area contributed by atoms with Crippen molar-refractivity contribution in [3.63, 3.8) is 0 Å². The van der Waals surface area contributed by atoms with Gasteiger partial charge in [0.1, 0.15) is 5.75 Å². The van der Waals surface area contributed by atoms with E-state index in [-0.39, 0.29) is 5.11 Å². The Labute approximate surface area is 164 Å². The quantitative estimate of drug-likeness (QED) is 0.458. The van der Waals surface area contributed by atoms with Crippen LogP contribution >= 0.6 is 28.1 Å². The molecule has 0 saturated carbocycles. The zero-order valence-electron chi connectivity index (χ0n) is 13.7. The van der Waals surface area contributed by atoms with Crippen molar-refractivity contribution < 1.29 is 14.3 Å². The fraction of sp³-hybridized carbons (Fsp3) is 0.111. The SMILES string of the molecule is COc1cccc(N=C[C@H]2C(=O)NC(=S)N(c3ccc(Br)cc3)C2=O)c1. The third-order valence-corrected chi connectivity index (χ3v) is 4.53. The second-order valence-electron chi connectivity index (χ2n) is 5.40. The Hall–Kier alpha value is -2.58. The highest BCUT2D eigenvalue weighted by molar-refractivity contribution is 9.10. The molecular weight excluding hydrogens is 418 g/mol. The molecule has 2 amide bonds. The first kappa shape index (κ1) is 18.2. The van der Waals surface area contributed by atoms with Crippen molar-refractivity contribution in [3.05, 3.63) is 53.0 Å². The van der Waals surface area contributed by atoms with E-state index >= 15 is 0 Å². The number of methoxy groups -OCH3 is 1. The minimum atomic E-state index is -1.07. The summed E-state index contributed by atoms with van der Waals surface area (Å²) in [5.41, 5.74) is 1.15. The van der Waals surface area contributed by atoms with E-state index in [9.17, 15) is 9.59 Å². The first-order valence-electron chi connectivity index (χ1n) is 7.62. The van der Waals surface area contributed by atoms with Crippen LogP contribution in [0.2, 0.25) is 0 Å². The third kappa shape index (κ3) is 3.81. The molecule has 26 heavy (non-hydrogen) atoms. The van der Waals surface area contributed by atoms with Crippen molar-refractivity contribution in [2.24, 2.45) is 10.9 Å². The lowest BCUT2D eigenvalue weighted by atomic mass is 10.1. The molecule has 0 radical (unpaired) electrons. The van der Waals surface area contributed by atoms with Crippen LogP contribution in [0.4, 0.5) is 11.4 Å². The smallest absolute Gasteiger partial charge is 0.251 e. The molecule has 1 aliphatic rings. The number of carbonyl (C=O) groups excluding carboxylic acids is 2. The molecule has 1 heterocycles. The number of anilines is 1. The average molecular weight is 432 g/mol. The van der Waals surface area contributed by atoms with Crippen LogP contribution < -0.4 is 15.0 Å². The molecule has 8 heteroatoms. The molecular formula is C18H14BrN3O3S. The zero-order valence-corrected chi connectivity index (χ0v) is 16.1. The minimum Gasteiger partial charge on any atom is -0.497 e. The lowest BCUT2D eigenvalue weighted by Gasteiger charge is -2.30. The van der Waals surface area contributed by atoms with Crippen LogP contribution in [0.3, 0.4) is 0 Å². The number of carbonyl (C=O) groups is 2. The van der Waals surface area contributed by atoms with E-state index in [0.29, 0.717) is 17.1 Å². The topological polar surface area (TPSA) is 71.0 Å². The van der Waals surface area contributed by atoms with Crippen molar-refractivity contribution >= 4 is 62.7 Å². The van der Waals surface area contributed by atoms with Gasteiger partial charge in [-0.2, -0.15) is 0 Å². The van der Waals surface area contributed by atoms with E-state index in [0.717, 1.165) is 4.47 Å². The van der Waals surface area contributed by atoms with E-state index in [1.807, 2.05) is 0 Å². The molecule has 2 aromatic rings. The Morgan fingerprint density at radius 1 is 1.23 bits per heavy atom. The van der Waals surface area contributed by atoms with Crippen LogP contribution in [-0.2, 0) is 9.59 Å². The summed E-state index contributed by atoms with van der Waals surface area (Å²) in [5.74, 6) is -1.39. The Balaban J connectivity index is 1.87. The summed E-state index contributed by atoms with van der Waals surface area (Å²) in [7, 11) is 1.55. The van der Waals surface area contributed by atoms with Gasteiger partial charge in [-0.1, -0.05) is 22.0 Å². The summed E-state index contributed by atoms with van der Waals surface area (Å²) >= 11 is 8.51. The number of halogens is 1. The second-order valence-corrected chi connectivity index (χ2v) is 6.70. The molecule has 1 aliphatic heterocycles. The second kappa shape index (κ2) is 7.76. The predicted octanol–water partition coefficient (Wildman–Crippen LogP) is 3.22. The monoisotopic (exact) mass is 431 g/mol. The lowest BCUT2D eigenvalue weighted by molar-refractivity contribution is -0.130. The maximum Gasteiger partial charge on any atom is 0.251 e. The highest BCUT2D eigenvalue weighted by Gasteiger charge is 2.38. The van der Waals surface area contributed by atoms with Crippen LogP contribution in [0.15, 0.2) is 58.0 Å². The first-order chi connectivity index (χ1) is 12.5. The van der Waals surface area contributed by atoms with E-state index in [2.05, 4.69) is 26.2 Å². The molecule has 0 aliphatic carbocycles. The lowest BCUT2D eigenvalue weighted by Crippen LogP contribution is -2.58. The van der Waals surface area contributed by atoms with Crippen molar-refractivity contribution in [2.45, 2.75) is 0 Å². The fourth-order valence-corrected chi connectivity index (χ4v) is 2.97. The van der Waals surface area contributed by atoms with Gasteiger partial charge in [-0.05, 0) is 48.6 Å². The van der Waals surface area contributed by atoms with E-state index < -0.39 is 17.7 Å². The summed E-state index contributed by atoms with van der Waals surface area (Å²) < 4.78 is 6.01. The van der Waals surface area contributed by atoms with Crippen LogP contribution in [0.1, 0.15) is 0 Å². The van der Waals surface area contributed by atoms with E-state index in [1.165, 1.54) is 11.1 Å². The van der Waals surface area contributed by atoms with Gasteiger partial charge in [0.2, 0.25) is 5.91 Å². The van der Waals surface area contributed by atoms with Gasteiger partial charge in [0, 0.05) is 16.8 Å². The molecule has 0 unspecified atom stereocenters. The maximum absolute atomic E-state index is 12.8. The Kier molecular flexibility index (Phi) is 5.43. The van der Waals surface area contributed by atoms with Gasteiger partial charge in [-0.3, -0.25) is 19.5 Å². The normalized spacial score (nSPS) is 17.5. The Morgan fingerprint density at radius 2 is 1.96 bits per heavy atom. The van der Waals surface area contributed by atoms with Gasteiger partial charge in [0.15, 0.2) is 11.0 Å². The minimum absolute atomic E-state index is 0.0494. The van der Waals surface area contributed by atoms with Crippen LogP contribution in [0.5, 0.6) is 5.75 Å². The molecule has 1 fully saturated rings. The molecule has 1 saturated heterocycles.